The van der Waals surface area contributed by atoms with Crippen LogP contribution in [0.3, 0.4) is 0 Å². The van der Waals surface area contributed by atoms with Gasteiger partial charge in [-0.05, 0) is 31.9 Å². The molecule has 1 fully saturated rings. The van der Waals surface area contributed by atoms with Gasteiger partial charge in [-0.1, -0.05) is 17.2 Å². The standard InChI is InChI=1S/C11H19N3OS/c1-3-16-10-5-4-9(6-10)12-7-11-8(2)13-15-14-11/h9-10,12H,3-7H2,1-2H3. The molecule has 0 amide bonds. The van der Waals surface area contributed by atoms with E-state index in [1.165, 1.54) is 25.0 Å². The second-order valence-electron chi connectivity index (χ2n) is 4.26. The lowest BCUT2D eigenvalue weighted by Crippen LogP contribution is -2.26. The molecule has 1 N–H and O–H groups in total. The largest absolute Gasteiger partial charge is 0.308 e. The summed E-state index contributed by atoms with van der Waals surface area (Å²) in [5.41, 5.74) is 1.83. The summed E-state index contributed by atoms with van der Waals surface area (Å²) in [6.07, 6.45) is 3.90. The molecular formula is C11H19N3OS. The van der Waals surface area contributed by atoms with E-state index in [0.717, 1.165) is 23.2 Å². The Hall–Kier alpha value is -0.550. The number of aryl methyl sites for hydroxylation is 1. The fraction of sp³-hybridized carbons (Fsp3) is 0.818. The van der Waals surface area contributed by atoms with Crippen LogP contribution in [0.15, 0.2) is 4.63 Å². The summed E-state index contributed by atoms with van der Waals surface area (Å²) in [5.74, 6) is 1.23. The number of rotatable bonds is 5. The van der Waals surface area contributed by atoms with E-state index in [2.05, 4.69) is 38.9 Å². The van der Waals surface area contributed by atoms with E-state index in [1.807, 2.05) is 6.92 Å². The molecule has 90 valence electrons. The van der Waals surface area contributed by atoms with Crippen LogP contribution in [-0.4, -0.2) is 27.4 Å². The molecule has 16 heavy (non-hydrogen) atoms. The van der Waals surface area contributed by atoms with Gasteiger partial charge in [0.05, 0.1) is 0 Å². The van der Waals surface area contributed by atoms with Crippen molar-refractivity contribution < 1.29 is 4.63 Å². The molecule has 2 unspecified atom stereocenters. The monoisotopic (exact) mass is 241 g/mol. The van der Waals surface area contributed by atoms with Crippen LogP contribution in [0.2, 0.25) is 0 Å². The maximum Gasteiger partial charge on any atom is 0.121 e. The third-order valence-electron chi connectivity index (χ3n) is 3.09. The number of nitrogens with one attached hydrogen (secondary N) is 1. The molecule has 2 atom stereocenters. The molecule has 0 saturated heterocycles. The summed E-state index contributed by atoms with van der Waals surface area (Å²) in [6, 6.07) is 0.639. The van der Waals surface area contributed by atoms with E-state index in [0.29, 0.717) is 6.04 Å². The van der Waals surface area contributed by atoms with E-state index >= 15 is 0 Å². The maximum absolute atomic E-state index is 4.68. The summed E-state index contributed by atoms with van der Waals surface area (Å²) in [6.45, 7) is 4.94. The fourth-order valence-corrected chi connectivity index (χ4v) is 3.31. The first-order valence-corrected chi connectivity index (χ1v) is 6.97. The molecule has 1 aromatic heterocycles. The Balaban J connectivity index is 1.74. The minimum Gasteiger partial charge on any atom is -0.308 e. The molecule has 0 aromatic carbocycles. The van der Waals surface area contributed by atoms with E-state index in [9.17, 15) is 0 Å². The zero-order valence-electron chi connectivity index (χ0n) is 9.90. The molecule has 4 nitrogen and oxygen atoms in total. The zero-order chi connectivity index (χ0) is 11.4. The van der Waals surface area contributed by atoms with Crippen LogP contribution in [0, 0.1) is 6.92 Å². The van der Waals surface area contributed by atoms with E-state index in [1.54, 1.807) is 0 Å². The molecule has 0 spiro atoms. The van der Waals surface area contributed by atoms with Crippen LogP contribution in [0.5, 0.6) is 0 Å². The highest BCUT2D eigenvalue weighted by Crippen LogP contribution is 2.29. The van der Waals surface area contributed by atoms with Gasteiger partial charge < -0.3 is 5.32 Å². The topological polar surface area (TPSA) is 51.0 Å². The van der Waals surface area contributed by atoms with E-state index in [-0.39, 0.29) is 0 Å². The quantitative estimate of drug-likeness (QED) is 0.856. The molecule has 1 aliphatic rings. The first kappa shape index (κ1) is 11.9. The van der Waals surface area contributed by atoms with Gasteiger partial charge in [-0.2, -0.15) is 11.8 Å². The van der Waals surface area contributed by atoms with Gasteiger partial charge >= 0.3 is 0 Å². The smallest absolute Gasteiger partial charge is 0.121 e. The average molecular weight is 241 g/mol. The van der Waals surface area contributed by atoms with Crippen LogP contribution in [0.4, 0.5) is 0 Å². The van der Waals surface area contributed by atoms with Gasteiger partial charge in [-0.15, -0.1) is 0 Å². The predicted octanol–water partition coefficient (Wildman–Crippen LogP) is 2.14. The van der Waals surface area contributed by atoms with Crippen LogP contribution in [0.25, 0.3) is 0 Å². The first-order valence-electron chi connectivity index (χ1n) is 5.92. The summed E-state index contributed by atoms with van der Waals surface area (Å²) in [4.78, 5) is 0. The second kappa shape index (κ2) is 5.68. The van der Waals surface area contributed by atoms with Crippen LogP contribution in [-0.2, 0) is 6.54 Å². The number of thioether (sulfide) groups is 1. The van der Waals surface area contributed by atoms with Gasteiger partial charge in [-0.3, -0.25) is 0 Å². The Morgan fingerprint density at radius 3 is 3.00 bits per heavy atom. The molecule has 2 rings (SSSR count). The molecule has 0 aliphatic heterocycles. The maximum atomic E-state index is 4.68. The van der Waals surface area contributed by atoms with Crippen LogP contribution in [0.1, 0.15) is 37.6 Å². The van der Waals surface area contributed by atoms with Crippen molar-refractivity contribution in [2.75, 3.05) is 5.75 Å². The zero-order valence-corrected chi connectivity index (χ0v) is 10.7. The van der Waals surface area contributed by atoms with Crippen molar-refractivity contribution >= 4 is 11.8 Å². The Kier molecular flexibility index (Phi) is 4.23. The number of aromatic nitrogens is 2. The molecule has 0 bridgehead atoms. The fourth-order valence-electron chi connectivity index (χ4n) is 2.16. The Bertz CT molecular complexity index is 329. The third kappa shape index (κ3) is 2.98. The summed E-state index contributed by atoms with van der Waals surface area (Å²) >= 11 is 2.08. The van der Waals surface area contributed by atoms with Crippen molar-refractivity contribution in [2.24, 2.45) is 0 Å². The van der Waals surface area contributed by atoms with Crippen molar-refractivity contribution in [1.82, 2.24) is 15.6 Å². The Morgan fingerprint density at radius 1 is 1.44 bits per heavy atom. The molecule has 5 heteroatoms. The summed E-state index contributed by atoms with van der Waals surface area (Å²) < 4.78 is 4.68. The Morgan fingerprint density at radius 2 is 2.31 bits per heavy atom. The highest BCUT2D eigenvalue weighted by Gasteiger charge is 2.24. The average Bonchev–Trinajstić information content (AvgIpc) is 2.86. The van der Waals surface area contributed by atoms with Crippen molar-refractivity contribution in [3.63, 3.8) is 0 Å². The molecule has 1 heterocycles. The lowest BCUT2D eigenvalue weighted by Gasteiger charge is -2.11. The number of hydrogen-bond donors (Lipinski definition) is 1. The lowest BCUT2D eigenvalue weighted by atomic mass is 10.2. The molecule has 1 saturated carbocycles. The van der Waals surface area contributed by atoms with Gasteiger partial charge in [0.2, 0.25) is 0 Å². The SMILES string of the molecule is CCSC1CCC(NCc2nonc2C)C1. The molecule has 1 aromatic rings. The predicted molar refractivity (Wildman–Crippen MR) is 65.4 cm³/mol. The van der Waals surface area contributed by atoms with Crippen molar-refractivity contribution in [1.29, 1.82) is 0 Å². The molecular weight excluding hydrogens is 222 g/mol. The normalized spacial score (nSPS) is 25.1. The molecule has 0 radical (unpaired) electrons. The highest BCUT2D eigenvalue weighted by atomic mass is 32.2. The van der Waals surface area contributed by atoms with Crippen LogP contribution >= 0.6 is 11.8 Å². The lowest BCUT2D eigenvalue weighted by molar-refractivity contribution is 0.299. The van der Waals surface area contributed by atoms with Gasteiger partial charge in [-0.25, -0.2) is 4.63 Å². The van der Waals surface area contributed by atoms with Gasteiger partial charge in [0.15, 0.2) is 0 Å². The highest BCUT2D eigenvalue weighted by molar-refractivity contribution is 7.99. The van der Waals surface area contributed by atoms with E-state index in [4.69, 9.17) is 0 Å². The van der Waals surface area contributed by atoms with Crippen molar-refractivity contribution in [3.8, 4) is 0 Å². The molecule has 1 aliphatic carbocycles. The van der Waals surface area contributed by atoms with Gasteiger partial charge in [0.25, 0.3) is 0 Å². The number of nitrogens with zero attached hydrogens (tertiary/aromatic N) is 2. The first-order chi connectivity index (χ1) is 7.79. The third-order valence-corrected chi connectivity index (χ3v) is 4.32. The summed E-state index contributed by atoms with van der Waals surface area (Å²) in [5, 5.41) is 12.0. The van der Waals surface area contributed by atoms with E-state index < -0.39 is 0 Å². The van der Waals surface area contributed by atoms with Gasteiger partial charge in [0, 0.05) is 17.8 Å². The summed E-state index contributed by atoms with van der Waals surface area (Å²) in [7, 11) is 0. The minimum atomic E-state index is 0.639. The van der Waals surface area contributed by atoms with Crippen molar-refractivity contribution in [3.05, 3.63) is 11.4 Å². The number of hydrogen-bond acceptors (Lipinski definition) is 5. The Labute approximate surface area is 101 Å². The van der Waals surface area contributed by atoms with Gasteiger partial charge in [0.1, 0.15) is 11.4 Å². The second-order valence-corrected chi connectivity index (χ2v) is 5.84. The van der Waals surface area contributed by atoms with Crippen LogP contribution < -0.4 is 5.32 Å². The minimum absolute atomic E-state index is 0.639. The van der Waals surface area contributed by atoms with Crippen molar-refractivity contribution in [2.45, 2.75) is 50.9 Å².